The highest BCUT2D eigenvalue weighted by Gasteiger charge is 2.16. The number of H-pyrrole nitrogens is 1. The molecule has 1 heterocycles. The van der Waals surface area contributed by atoms with E-state index in [2.05, 4.69) is 9.97 Å². The van der Waals surface area contributed by atoms with Gasteiger partial charge in [0.05, 0.1) is 26.8 Å². The number of nitrogens with zero attached hydrogens (tertiary/aromatic N) is 3. The lowest BCUT2D eigenvalue weighted by molar-refractivity contribution is -0.394. The summed E-state index contributed by atoms with van der Waals surface area (Å²) in [4.78, 5) is 39.4. The van der Waals surface area contributed by atoms with Gasteiger partial charge in [-0.3, -0.25) is 25.0 Å². The Balaban J connectivity index is 1.91. The summed E-state index contributed by atoms with van der Waals surface area (Å²) in [5, 5.41) is 22.9. The lowest BCUT2D eigenvalue weighted by Gasteiger charge is -2.04. The molecule has 0 atom stereocenters. The summed E-state index contributed by atoms with van der Waals surface area (Å²) in [6.45, 7) is 0. The molecule has 0 spiro atoms. The molecule has 0 aliphatic carbocycles. The van der Waals surface area contributed by atoms with Gasteiger partial charge in [-0.25, -0.2) is 4.98 Å². The maximum Gasteiger partial charge on any atom is 0.276 e. The predicted octanol–water partition coefficient (Wildman–Crippen LogP) is 3.69. The third kappa shape index (κ3) is 3.81. The van der Waals surface area contributed by atoms with Crippen LogP contribution in [0.1, 0.15) is 5.56 Å². The maximum absolute atomic E-state index is 12.1. The number of rotatable bonds is 5. The Morgan fingerprint density at radius 1 is 1.08 bits per heavy atom. The van der Waals surface area contributed by atoms with Gasteiger partial charge in [0.15, 0.2) is 5.16 Å². The summed E-state index contributed by atoms with van der Waals surface area (Å²) in [5.41, 5.74) is -0.319. The molecule has 1 aromatic heterocycles. The Labute approximate surface area is 154 Å². The molecule has 0 saturated heterocycles. The molecule has 0 saturated carbocycles. The minimum atomic E-state index is -0.695. The van der Waals surface area contributed by atoms with E-state index in [1.54, 1.807) is 18.2 Å². The van der Waals surface area contributed by atoms with Crippen molar-refractivity contribution in [3.8, 4) is 0 Å². The zero-order chi connectivity index (χ0) is 18.8. The number of non-ortho nitro benzene ring substituents is 2. The predicted molar refractivity (Wildman–Crippen MR) is 96.7 cm³/mol. The Kier molecular flexibility index (Phi) is 4.87. The van der Waals surface area contributed by atoms with Gasteiger partial charge in [-0.2, -0.15) is 0 Å². The van der Waals surface area contributed by atoms with E-state index in [-0.39, 0.29) is 27.8 Å². The van der Waals surface area contributed by atoms with E-state index in [1.165, 1.54) is 12.1 Å². The highest BCUT2D eigenvalue weighted by Crippen LogP contribution is 2.27. The molecule has 2 aromatic carbocycles. The van der Waals surface area contributed by atoms with Crippen LogP contribution in [0.2, 0.25) is 5.02 Å². The van der Waals surface area contributed by atoms with Crippen LogP contribution in [0, 0.1) is 20.2 Å². The molecule has 1 N–H and O–H groups in total. The average molecular weight is 393 g/mol. The van der Waals surface area contributed by atoms with Crippen molar-refractivity contribution in [2.24, 2.45) is 0 Å². The van der Waals surface area contributed by atoms with Crippen LogP contribution < -0.4 is 5.56 Å². The second-order valence-corrected chi connectivity index (χ2v) is 6.59. The van der Waals surface area contributed by atoms with Gasteiger partial charge < -0.3 is 4.98 Å². The molecule has 11 heteroatoms. The van der Waals surface area contributed by atoms with E-state index in [1.807, 2.05) is 0 Å². The Morgan fingerprint density at radius 2 is 1.73 bits per heavy atom. The van der Waals surface area contributed by atoms with Crippen molar-refractivity contribution >= 4 is 45.6 Å². The van der Waals surface area contributed by atoms with Gasteiger partial charge in [0, 0.05) is 22.9 Å². The van der Waals surface area contributed by atoms with Crippen LogP contribution in [0.15, 0.2) is 46.3 Å². The summed E-state index contributed by atoms with van der Waals surface area (Å²) in [6.07, 6.45) is 0. The third-order valence-electron chi connectivity index (χ3n) is 3.41. The van der Waals surface area contributed by atoms with Gasteiger partial charge in [-0.1, -0.05) is 23.4 Å². The normalized spacial score (nSPS) is 10.8. The first kappa shape index (κ1) is 17.8. The minimum absolute atomic E-state index is 0.150. The number of hydrogen-bond donors (Lipinski definition) is 1. The fourth-order valence-corrected chi connectivity index (χ4v) is 3.23. The molecular formula is C15H9ClN4O5S. The smallest absolute Gasteiger partial charge is 0.276 e. The van der Waals surface area contributed by atoms with Crippen LogP contribution in [0.25, 0.3) is 10.9 Å². The lowest BCUT2D eigenvalue weighted by Crippen LogP contribution is -2.09. The van der Waals surface area contributed by atoms with Gasteiger partial charge in [0.2, 0.25) is 0 Å². The number of hydrogen-bond acceptors (Lipinski definition) is 7. The van der Waals surface area contributed by atoms with Crippen LogP contribution in [0.3, 0.4) is 0 Å². The number of nitro groups is 2. The number of fused-ring (bicyclic) bond motifs is 1. The van der Waals surface area contributed by atoms with Crippen LogP contribution in [-0.2, 0) is 5.75 Å². The van der Waals surface area contributed by atoms with Crippen LogP contribution >= 0.6 is 23.4 Å². The van der Waals surface area contributed by atoms with E-state index in [0.717, 1.165) is 17.8 Å². The second kappa shape index (κ2) is 7.10. The third-order valence-corrected chi connectivity index (χ3v) is 4.59. The van der Waals surface area contributed by atoms with Gasteiger partial charge in [-0.15, -0.1) is 0 Å². The molecule has 0 unspecified atom stereocenters. The van der Waals surface area contributed by atoms with Gasteiger partial charge in [0.25, 0.3) is 16.9 Å². The first-order valence-electron chi connectivity index (χ1n) is 7.08. The molecule has 0 radical (unpaired) electrons. The van der Waals surface area contributed by atoms with Crippen molar-refractivity contribution in [3.63, 3.8) is 0 Å². The molecular weight excluding hydrogens is 384 g/mol. The topological polar surface area (TPSA) is 132 Å². The van der Waals surface area contributed by atoms with Crippen molar-refractivity contribution in [1.29, 1.82) is 0 Å². The van der Waals surface area contributed by atoms with E-state index in [9.17, 15) is 25.0 Å². The Morgan fingerprint density at radius 3 is 2.35 bits per heavy atom. The van der Waals surface area contributed by atoms with Crippen molar-refractivity contribution < 1.29 is 9.85 Å². The number of aromatic nitrogens is 2. The summed E-state index contributed by atoms with van der Waals surface area (Å²) >= 11 is 7.00. The average Bonchev–Trinajstić information content (AvgIpc) is 2.59. The van der Waals surface area contributed by atoms with E-state index in [4.69, 9.17) is 11.6 Å². The molecule has 26 heavy (non-hydrogen) atoms. The highest BCUT2D eigenvalue weighted by molar-refractivity contribution is 7.98. The van der Waals surface area contributed by atoms with Gasteiger partial charge >= 0.3 is 0 Å². The van der Waals surface area contributed by atoms with Crippen LogP contribution in [-0.4, -0.2) is 19.8 Å². The van der Waals surface area contributed by atoms with Crippen LogP contribution in [0.4, 0.5) is 11.4 Å². The van der Waals surface area contributed by atoms with Gasteiger partial charge in [-0.05, 0) is 23.8 Å². The first-order chi connectivity index (χ1) is 12.3. The zero-order valence-electron chi connectivity index (χ0n) is 12.8. The Hall–Kier alpha value is -2.98. The minimum Gasteiger partial charge on any atom is -0.301 e. The molecule has 0 amide bonds. The van der Waals surface area contributed by atoms with Gasteiger partial charge in [0.1, 0.15) is 0 Å². The van der Waals surface area contributed by atoms with Crippen molar-refractivity contribution in [3.05, 3.63) is 77.6 Å². The monoisotopic (exact) mass is 392 g/mol. The summed E-state index contributed by atoms with van der Waals surface area (Å²) in [7, 11) is 0. The Bertz CT molecular complexity index is 1070. The van der Waals surface area contributed by atoms with Crippen molar-refractivity contribution in [2.45, 2.75) is 10.9 Å². The quantitative estimate of drug-likeness (QED) is 0.303. The molecule has 3 aromatic rings. The number of halogens is 1. The first-order valence-corrected chi connectivity index (χ1v) is 8.45. The summed E-state index contributed by atoms with van der Waals surface area (Å²) in [6, 6.07) is 8.07. The van der Waals surface area contributed by atoms with E-state index in [0.29, 0.717) is 21.5 Å². The molecule has 0 fully saturated rings. The number of nitrogens with one attached hydrogen (secondary N) is 1. The number of aromatic amines is 1. The molecule has 0 aliphatic heterocycles. The molecule has 0 bridgehead atoms. The molecule has 9 nitrogen and oxygen atoms in total. The fraction of sp³-hybridized carbons (Fsp3) is 0.0667. The molecule has 0 aliphatic rings. The van der Waals surface area contributed by atoms with E-state index >= 15 is 0 Å². The van der Waals surface area contributed by atoms with Crippen molar-refractivity contribution in [1.82, 2.24) is 9.97 Å². The zero-order valence-corrected chi connectivity index (χ0v) is 14.4. The van der Waals surface area contributed by atoms with Crippen LogP contribution in [0.5, 0.6) is 0 Å². The summed E-state index contributed by atoms with van der Waals surface area (Å²) < 4.78 is 0. The fourth-order valence-electron chi connectivity index (χ4n) is 2.26. The van der Waals surface area contributed by atoms with E-state index < -0.39 is 9.85 Å². The molecule has 3 rings (SSSR count). The van der Waals surface area contributed by atoms with Crippen molar-refractivity contribution in [2.75, 3.05) is 0 Å². The lowest BCUT2D eigenvalue weighted by atomic mass is 10.2. The highest BCUT2D eigenvalue weighted by atomic mass is 35.5. The maximum atomic E-state index is 12.1. The SMILES string of the molecule is O=c1[nH]c(SCc2cc([N+](=O)[O-])cc([N+](=O)[O-])c2)nc2cc(Cl)ccc12. The number of nitro benzene ring substituents is 2. The number of benzene rings is 2. The second-order valence-electron chi connectivity index (χ2n) is 5.19. The largest absolute Gasteiger partial charge is 0.301 e. The number of thioether (sulfide) groups is 1. The standard InChI is InChI=1S/C15H9ClN4O5S/c16-9-1-2-12-13(5-9)17-15(18-14(12)21)26-7-8-3-10(19(22)23)6-11(4-8)20(24)25/h1-6H,7H2,(H,17,18,21). The summed E-state index contributed by atoms with van der Waals surface area (Å²) in [5.74, 6) is 0.150. The molecule has 132 valence electrons.